The Morgan fingerprint density at radius 3 is 1.92 bits per heavy atom. The number of unbranched alkanes of at least 4 members (excludes halogenated alkanes) is 4. The molecule has 37 heavy (non-hydrogen) atoms. The van der Waals surface area contributed by atoms with Gasteiger partial charge in [0.05, 0.1) is 0 Å². The van der Waals surface area contributed by atoms with Crippen LogP contribution in [-0.2, 0) is 25.6 Å². The molecular weight excluding hydrogens is 472 g/mol. The molecule has 4 amide bonds. The van der Waals surface area contributed by atoms with Gasteiger partial charge in [0.2, 0.25) is 17.7 Å². The summed E-state index contributed by atoms with van der Waals surface area (Å²) in [5, 5.41) is 17.3. The average Bonchev–Trinajstić information content (AvgIpc) is 2.92. The molecule has 0 heterocycles. The van der Waals surface area contributed by atoms with Crippen LogP contribution in [0.25, 0.3) is 0 Å². The third-order valence-electron chi connectivity index (χ3n) is 6.16. The predicted octanol–water partition coefficient (Wildman–Crippen LogP) is 2.59. The van der Waals surface area contributed by atoms with Gasteiger partial charge in [-0.2, -0.15) is 0 Å². The van der Waals surface area contributed by atoms with Gasteiger partial charge in [0, 0.05) is 13.5 Å². The molecule has 0 aliphatic carbocycles. The van der Waals surface area contributed by atoms with Crippen molar-refractivity contribution in [1.82, 2.24) is 21.4 Å². The summed E-state index contributed by atoms with van der Waals surface area (Å²) in [5.74, 6) is -3.83. The van der Waals surface area contributed by atoms with Crippen molar-refractivity contribution >= 4 is 23.6 Å². The Bertz CT molecular complexity index is 1000. The molecule has 9 nitrogen and oxygen atoms in total. The lowest BCUT2D eigenvalue weighted by molar-refractivity contribution is -0.139. The van der Waals surface area contributed by atoms with Gasteiger partial charge in [0.15, 0.2) is 0 Å². The van der Waals surface area contributed by atoms with Gasteiger partial charge in [-0.25, -0.2) is 5.48 Å². The summed E-state index contributed by atoms with van der Waals surface area (Å²) < 4.78 is 0. The number of rotatable bonds is 15. The zero-order chi connectivity index (χ0) is 27.0. The van der Waals surface area contributed by atoms with Gasteiger partial charge in [-0.1, -0.05) is 99.7 Å². The molecule has 0 radical (unpaired) electrons. The highest BCUT2D eigenvalue weighted by Gasteiger charge is 2.32. The maximum atomic E-state index is 13.4. The van der Waals surface area contributed by atoms with Crippen molar-refractivity contribution in [2.45, 2.75) is 69.9 Å². The SMILES string of the molecule is CCCCCCCC(NC(=O)C(C(=O)NO)c1ccccc1)C(=O)NC(Cc1ccccc1)C(=O)NC. The second kappa shape index (κ2) is 16.1. The molecule has 5 N–H and O–H groups in total. The molecule has 0 fully saturated rings. The van der Waals surface area contributed by atoms with E-state index >= 15 is 0 Å². The van der Waals surface area contributed by atoms with E-state index in [0.29, 0.717) is 18.4 Å². The highest BCUT2D eigenvalue weighted by molar-refractivity contribution is 6.06. The van der Waals surface area contributed by atoms with Gasteiger partial charge in [0.25, 0.3) is 5.91 Å². The summed E-state index contributed by atoms with van der Waals surface area (Å²) in [6, 6.07) is 15.8. The molecule has 200 valence electrons. The number of carbonyl (C=O) groups is 4. The minimum Gasteiger partial charge on any atom is -0.357 e. The van der Waals surface area contributed by atoms with Crippen molar-refractivity contribution in [3.63, 3.8) is 0 Å². The third-order valence-corrected chi connectivity index (χ3v) is 6.16. The summed E-state index contributed by atoms with van der Waals surface area (Å²) in [5.41, 5.74) is 2.79. The molecule has 0 saturated carbocycles. The van der Waals surface area contributed by atoms with Gasteiger partial charge in [-0.05, 0) is 17.5 Å². The summed E-state index contributed by atoms with van der Waals surface area (Å²) in [6.45, 7) is 2.11. The Hall–Kier alpha value is -3.72. The first-order valence-electron chi connectivity index (χ1n) is 12.8. The predicted molar refractivity (Wildman–Crippen MR) is 141 cm³/mol. The first-order valence-corrected chi connectivity index (χ1v) is 12.8. The first kappa shape index (κ1) is 29.5. The molecular formula is C28H38N4O5. The van der Waals surface area contributed by atoms with Crippen LogP contribution < -0.4 is 21.4 Å². The van der Waals surface area contributed by atoms with Gasteiger partial charge in [-0.3, -0.25) is 24.4 Å². The monoisotopic (exact) mass is 510 g/mol. The highest BCUT2D eigenvalue weighted by Crippen LogP contribution is 2.17. The minimum atomic E-state index is -1.35. The summed E-state index contributed by atoms with van der Waals surface area (Å²) in [6.07, 6.45) is 5.35. The van der Waals surface area contributed by atoms with Gasteiger partial charge >= 0.3 is 0 Å². The van der Waals surface area contributed by atoms with E-state index in [1.54, 1.807) is 35.8 Å². The van der Waals surface area contributed by atoms with E-state index in [1.807, 2.05) is 30.3 Å². The van der Waals surface area contributed by atoms with Crippen molar-refractivity contribution < 1.29 is 24.4 Å². The molecule has 0 bridgehead atoms. The van der Waals surface area contributed by atoms with Crippen LogP contribution in [0.1, 0.15) is 62.5 Å². The topological polar surface area (TPSA) is 137 Å². The summed E-state index contributed by atoms with van der Waals surface area (Å²) in [4.78, 5) is 51.5. The smallest absolute Gasteiger partial charge is 0.260 e. The molecule has 0 saturated heterocycles. The highest BCUT2D eigenvalue weighted by atomic mass is 16.5. The second-order valence-electron chi connectivity index (χ2n) is 8.95. The van der Waals surface area contributed by atoms with E-state index in [0.717, 1.165) is 31.2 Å². The quantitative estimate of drug-likeness (QED) is 0.109. The lowest BCUT2D eigenvalue weighted by atomic mass is 9.96. The van der Waals surface area contributed by atoms with Crippen LogP contribution >= 0.6 is 0 Å². The maximum absolute atomic E-state index is 13.4. The molecule has 2 aromatic carbocycles. The van der Waals surface area contributed by atoms with Crippen LogP contribution in [0.4, 0.5) is 0 Å². The van der Waals surface area contributed by atoms with Gasteiger partial charge < -0.3 is 16.0 Å². The Kier molecular flexibility index (Phi) is 12.8. The molecule has 3 unspecified atom stereocenters. The van der Waals surface area contributed by atoms with Crippen LogP contribution in [0.5, 0.6) is 0 Å². The number of hydrogen-bond acceptors (Lipinski definition) is 5. The molecule has 0 spiro atoms. The maximum Gasteiger partial charge on any atom is 0.260 e. The zero-order valence-corrected chi connectivity index (χ0v) is 21.5. The fourth-order valence-electron chi connectivity index (χ4n) is 4.11. The molecule has 9 heteroatoms. The number of likely N-dealkylation sites (N-methyl/N-ethyl adjacent to an activating group) is 1. The van der Waals surface area contributed by atoms with E-state index in [2.05, 4.69) is 22.9 Å². The van der Waals surface area contributed by atoms with E-state index in [1.165, 1.54) is 7.05 Å². The Morgan fingerprint density at radius 1 is 0.730 bits per heavy atom. The van der Waals surface area contributed by atoms with Crippen molar-refractivity contribution in [3.8, 4) is 0 Å². The number of carbonyl (C=O) groups excluding carboxylic acids is 4. The standard InChI is InChI=1S/C28H38N4O5/c1-3-4-5-6-13-18-22(30-27(35)24(28(36)32-37)21-16-11-8-12-17-21)26(34)31-23(25(33)29-2)19-20-14-9-7-10-15-20/h7-12,14-17,22-24,37H,3-6,13,18-19H2,1-2H3,(H,29,33)(H,30,35)(H,31,34)(H,32,36). The van der Waals surface area contributed by atoms with Crippen molar-refractivity contribution in [3.05, 3.63) is 71.8 Å². The molecule has 0 aliphatic rings. The van der Waals surface area contributed by atoms with Crippen LogP contribution in [0.3, 0.4) is 0 Å². The van der Waals surface area contributed by atoms with Crippen LogP contribution in [-0.4, -0.2) is 48.0 Å². The largest absolute Gasteiger partial charge is 0.357 e. The van der Waals surface area contributed by atoms with Gasteiger partial charge in [0.1, 0.15) is 18.0 Å². The lowest BCUT2D eigenvalue weighted by Gasteiger charge is -2.24. The molecule has 3 atom stereocenters. The third kappa shape index (κ3) is 9.69. The average molecular weight is 511 g/mol. The molecule has 0 aliphatic heterocycles. The fourth-order valence-corrected chi connectivity index (χ4v) is 4.11. The summed E-state index contributed by atoms with van der Waals surface area (Å²) in [7, 11) is 1.50. The number of nitrogens with one attached hydrogen (secondary N) is 4. The Labute approximate surface area is 218 Å². The number of amides is 4. The minimum absolute atomic E-state index is 0.281. The van der Waals surface area contributed by atoms with Crippen molar-refractivity contribution in [2.24, 2.45) is 0 Å². The van der Waals surface area contributed by atoms with Crippen LogP contribution in [0.2, 0.25) is 0 Å². The number of hydrogen-bond donors (Lipinski definition) is 5. The van der Waals surface area contributed by atoms with Crippen LogP contribution in [0.15, 0.2) is 60.7 Å². The van der Waals surface area contributed by atoms with E-state index in [-0.39, 0.29) is 12.3 Å². The fraction of sp³-hybridized carbons (Fsp3) is 0.429. The molecule has 2 aromatic rings. The van der Waals surface area contributed by atoms with Crippen molar-refractivity contribution in [2.75, 3.05) is 7.05 Å². The molecule has 0 aromatic heterocycles. The van der Waals surface area contributed by atoms with Crippen LogP contribution in [0, 0.1) is 0 Å². The number of benzene rings is 2. The van der Waals surface area contributed by atoms with E-state index < -0.39 is 35.7 Å². The summed E-state index contributed by atoms with van der Waals surface area (Å²) >= 11 is 0. The van der Waals surface area contributed by atoms with E-state index in [4.69, 9.17) is 0 Å². The Balaban J connectivity index is 2.22. The lowest BCUT2D eigenvalue weighted by Crippen LogP contribution is -2.55. The second-order valence-corrected chi connectivity index (χ2v) is 8.95. The van der Waals surface area contributed by atoms with E-state index in [9.17, 15) is 24.4 Å². The Morgan fingerprint density at radius 2 is 1.32 bits per heavy atom. The molecule has 2 rings (SSSR count). The zero-order valence-electron chi connectivity index (χ0n) is 21.5. The van der Waals surface area contributed by atoms with Gasteiger partial charge in [-0.15, -0.1) is 0 Å². The normalized spacial score (nSPS) is 13.1. The first-order chi connectivity index (χ1) is 17.9. The van der Waals surface area contributed by atoms with Crippen molar-refractivity contribution in [1.29, 1.82) is 0 Å². The number of hydroxylamine groups is 1.